The van der Waals surface area contributed by atoms with Crippen molar-refractivity contribution >= 4 is 12.1 Å². The van der Waals surface area contributed by atoms with Gasteiger partial charge < -0.3 is 10.0 Å². The number of carbonyl (C=O) groups excluding carboxylic acids is 1. The normalized spacial score (nSPS) is 26.0. The number of benzene rings is 1. The minimum atomic E-state index is -1.08. The number of aliphatic hydroxyl groups excluding tert-OH is 1. The van der Waals surface area contributed by atoms with Gasteiger partial charge in [0, 0.05) is 12.0 Å². The van der Waals surface area contributed by atoms with Gasteiger partial charge in [0.25, 0.3) is 0 Å². The molecule has 0 saturated carbocycles. The molecule has 2 atom stereocenters. The third-order valence-electron chi connectivity index (χ3n) is 4.45. The maximum absolute atomic E-state index is 13.5. The van der Waals surface area contributed by atoms with E-state index in [9.17, 15) is 18.7 Å². The van der Waals surface area contributed by atoms with E-state index in [0.29, 0.717) is 12.8 Å². The average molecular weight is 323 g/mol. The van der Waals surface area contributed by atoms with E-state index in [1.165, 1.54) is 11.2 Å². The molecule has 3 rings (SSSR count). The van der Waals surface area contributed by atoms with Crippen molar-refractivity contribution in [3.63, 3.8) is 0 Å². The number of rotatable bonds is 2. The topological polar surface area (TPSA) is 56.1 Å². The van der Waals surface area contributed by atoms with E-state index < -0.39 is 23.8 Å². The first kappa shape index (κ1) is 16.0. The summed E-state index contributed by atoms with van der Waals surface area (Å²) in [7, 11) is 2.00. The first-order chi connectivity index (χ1) is 11.0. The molecule has 1 N–H and O–H groups in total. The van der Waals surface area contributed by atoms with Gasteiger partial charge in [-0.25, -0.2) is 13.8 Å². The molecule has 2 aliphatic rings. The number of aliphatic hydroxyl groups is 1. The van der Waals surface area contributed by atoms with Crippen molar-refractivity contribution in [2.45, 2.75) is 25.0 Å². The summed E-state index contributed by atoms with van der Waals surface area (Å²) >= 11 is 0. The van der Waals surface area contributed by atoms with Crippen LogP contribution >= 0.6 is 0 Å². The van der Waals surface area contributed by atoms with Crippen LogP contribution in [0.3, 0.4) is 0 Å². The summed E-state index contributed by atoms with van der Waals surface area (Å²) in [4.78, 5) is 14.8. The van der Waals surface area contributed by atoms with Crippen LogP contribution in [0.4, 0.5) is 8.78 Å². The van der Waals surface area contributed by atoms with Gasteiger partial charge in [-0.2, -0.15) is 5.10 Å². The Hall–Kier alpha value is -1.86. The fraction of sp³-hybridized carbons (Fsp3) is 0.500. The van der Waals surface area contributed by atoms with Crippen LogP contribution in [-0.4, -0.2) is 53.4 Å². The molecule has 124 valence electrons. The standard InChI is InChI=1S/C16H19F2N3O2/c1-20-4-2-10(3-5-20)16(23)21-15(14(22)9-19-21)11-6-12(17)8-13(18)7-11/h6-10,14-15,22H,2-5H2,1H3. The van der Waals surface area contributed by atoms with Gasteiger partial charge in [-0.3, -0.25) is 4.79 Å². The molecule has 1 amide bonds. The van der Waals surface area contributed by atoms with Crippen LogP contribution in [0.25, 0.3) is 0 Å². The molecular weight excluding hydrogens is 304 g/mol. The van der Waals surface area contributed by atoms with E-state index in [2.05, 4.69) is 10.0 Å². The Morgan fingerprint density at radius 2 is 1.83 bits per heavy atom. The Labute approximate surface area is 133 Å². The average Bonchev–Trinajstić information content (AvgIpc) is 2.88. The van der Waals surface area contributed by atoms with Crippen LogP contribution in [0, 0.1) is 17.6 Å². The summed E-state index contributed by atoms with van der Waals surface area (Å²) in [6, 6.07) is 2.13. The smallest absolute Gasteiger partial charge is 0.246 e. The van der Waals surface area contributed by atoms with Gasteiger partial charge in [0.1, 0.15) is 23.8 Å². The third-order valence-corrected chi connectivity index (χ3v) is 4.45. The fourth-order valence-corrected chi connectivity index (χ4v) is 3.16. The second-order valence-corrected chi connectivity index (χ2v) is 6.16. The highest BCUT2D eigenvalue weighted by molar-refractivity contribution is 5.83. The number of carbonyl (C=O) groups is 1. The molecule has 1 saturated heterocycles. The van der Waals surface area contributed by atoms with Gasteiger partial charge in [-0.15, -0.1) is 0 Å². The van der Waals surface area contributed by atoms with Gasteiger partial charge in [0.15, 0.2) is 0 Å². The van der Waals surface area contributed by atoms with E-state index >= 15 is 0 Å². The van der Waals surface area contributed by atoms with Crippen molar-refractivity contribution in [1.29, 1.82) is 0 Å². The largest absolute Gasteiger partial charge is 0.385 e. The van der Waals surface area contributed by atoms with Crippen LogP contribution in [0.15, 0.2) is 23.3 Å². The summed E-state index contributed by atoms with van der Waals surface area (Å²) in [6.07, 6.45) is 1.58. The van der Waals surface area contributed by atoms with Crippen molar-refractivity contribution in [2.24, 2.45) is 11.0 Å². The molecular formula is C16H19F2N3O2. The first-order valence-electron chi connectivity index (χ1n) is 7.65. The molecule has 0 aliphatic carbocycles. The molecule has 2 unspecified atom stereocenters. The van der Waals surface area contributed by atoms with Crippen LogP contribution < -0.4 is 0 Å². The SMILES string of the molecule is CN1CCC(C(=O)N2N=CC(O)C2c2cc(F)cc(F)c2)CC1. The van der Waals surface area contributed by atoms with E-state index in [1.807, 2.05) is 7.05 Å². The minimum absolute atomic E-state index is 0.186. The summed E-state index contributed by atoms with van der Waals surface area (Å²) in [5.74, 6) is -1.88. The zero-order chi connectivity index (χ0) is 16.6. The lowest BCUT2D eigenvalue weighted by molar-refractivity contribution is -0.140. The van der Waals surface area contributed by atoms with Gasteiger partial charge in [-0.05, 0) is 50.7 Å². The summed E-state index contributed by atoms with van der Waals surface area (Å²) in [5, 5.41) is 15.2. The Balaban J connectivity index is 1.83. The number of hydrazone groups is 1. The van der Waals surface area contributed by atoms with Crippen LogP contribution in [-0.2, 0) is 4.79 Å². The van der Waals surface area contributed by atoms with Gasteiger partial charge in [-0.1, -0.05) is 0 Å². The lowest BCUT2D eigenvalue weighted by Crippen LogP contribution is -2.41. The Bertz CT molecular complexity index is 610. The predicted molar refractivity (Wildman–Crippen MR) is 80.7 cm³/mol. The maximum Gasteiger partial charge on any atom is 0.246 e. The van der Waals surface area contributed by atoms with Crippen molar-refractivity contribution in [1.82, 2.24) is 9.91 Å². The van der Waals surface area contributed by atoms with Crippen LogP contribution in [0.1, 0.15) is 24.4 Å². The highest BCUT2D eigenvalue weighted by Gasteiger charge is 2.39. The van der Waals surface area contributed by atoms with Crippen molar-refractivity contribution in [3.8, 4) is 0 Å². The molecule has 0 aromatic heterocycles. The van der Waals surface area contributed by atoms with E-state index in [0.717, 1.165) is 31.3 Å². The molecule has 1 fully saturated rings. The molecule has 0 bridgehead atoms. The maximum atomic E-state index is 13.5. The fourth-order valence-electron chi connectivity index (χ4n) is 3.16. The zero-order valence-electron chi connectivity index (χ0n) is 12.8. The number of hydrogen-bond acceptors (Lipinski definition) is 4. The highest BCUT2D eigenvalue weighted by Crippen LogP contribution is 2.32. The number of amides is 1. The number of piperidine rings is 1. The number of likely N-dealkylation sites (tertiary alicyclic amines) is 1. The van der Waals surface area contributed by atoms with Crippen molar-refractivity contribution < 1.29 is 18.7 Å². The minimum Gasteiger partial charge on any atom is -0.385 e. The van der Waals surface area contributed by atoms with Crippen LogP contribution in [0.2, 0.25) is 0 Å². The molecule has 2 heterocycles. The third kappa shape index (κ3) is 3.25. The second kappa shape index (κ2) is 6.33. The van der Waals surface area contributed by atoms with Crippen molar-refractivity contribution in [3.05, 3.63) is 35.4 Å². The predicted octanol–water partition coefficient (Wildman–Crippen LogP) is 1.54. The lowest BCUT2D eigenvalue weighted by atomic mass is 9.94. The first-order valence-corrected chi connectivity index (χ1v) is 7.65. The second-order valence-electron chi connectivity index (χ2n) is 6.16. The van der Waals surface area contributed by atoms with Crippen LogP contribution in [0.5, 0.6) is 0 Å². The number of halogens is 2. The Morgan fingerprint density at radius 1 is 1.22 bits per heavy atom. The summed E-state index contributed by atoms with van der Waals surface area (Å²) in [6.45, 7) is 1.63. The molecule has 0 spiro atoms. The summed E-state index contributed by atoms with van der Waals surface area (Å²) in [5.41, 5.74) is 0.203. The molecule has 2 aliphatic heterocycles. The molecule has 23 heavy (non-hydrogen) atoms. The highest BCUT2D eigenvalue weighted by atomic mass is 19.1. The monoisotopic (exact) mass is 323 g/mol. The molecule has 0 radical (unpaired) electrons. The number of nitrogens with zero attached hydrogens (tertiary/aromatic N) is 3. The van der Waals surface area contributed by atoms with Crippen molar-refractivity contribution in [2.75, 3.05) is 20.1 Å². The Kier molecular flexibility index (Phi) is 4.41. The number of hydrogen-bond donors (Lipinski definition) is 1. The van der Waals surface area contributed by atoms with E-state index in [1.54, 1.807) is 0 Å². The lowest BCUT2D eigenvalue weighted by Gasteiger charge is -2.32. The van der Waals surface area contributed by atoms with Gasteiger partial charge >= 0.3 is 0 Å². The molecule has 7 heteroatoms. The van der Waals surface area contributed by atoms with Gasteiger partial charge in [0.05, 0.1) is 6.21 Å². The quantitative estimate of drug-likeness (QED) is 0.898. The summed E-state index contributed by atoms with van der Waals surface area (Å²) < 4.78 is 26.9. The molecule has 5 nitrogen and oxygen atoms in total. The van der Waals surface area contributed by atoms with Gasteiger partial charge in [0.2, 0.25) is 5.91 Å². The Morgan fingerprint density at radius 3 is 2.43 bits per heavy atom. The zero-order valence-corrected chi connectivity index (χ0v) is 12.8. The van der Waals surface area contributed by atoms with E-state index in [-0.39, 0.29) is 17.4 Å². The molecule has 1 aromatic rings. The molecule has 1 aromatic carbocycles. The van der Waals surface area contributed by atoms with E-state index in [4.69, 9.17) is 0 Å².